The number of hydrogen-bond acceptors (Lipinski definition) is 4. The van der Waals surface area contributed by atoms with Crippen LogP contribution in [0.3, 0.4) is 0 Å². The van der Waals surface area contributed by atoms with Gasteiger partial charge in [-0.05, 0) is 37.5 Å². The molecule has 0 aliphatic rings. The summed E-state index contributed by atoms with van der Waals surface area (Å²) in [5.41, 5.74) is 7.08. The average molecular weight is 390 g/mol. The smallest absolute Gasteiger partial charge is 0.237 e. The first-order chi connectivity index (χ1) is 10.6. The van der Waals surface area contributed by atoms with Gasteiger partial charge in [-0.25, -0.2) is 0 Å². The summed E-state index contributed by atoms with van der Waals surface area (Å²) in [6.45, 7) is 0.564. The number of carbonyl (C=O) groups is 1. The monoisotopic (exact) mass is 389 g/mol. The van der Waals surface area contributed by atoms with Crippen molar-refractivity contribution < 1.29 is 4.79 Å². The van der Waals surface area contributed by atoms with Crippen LogP contribution >= 0.6 is 36.2 Å². The van der Waals surface area contributed by atoms with Gasteiger partial charge in [0.25, 0.3) is 0 Å². The zero-order valence-corrected chi connectivity index (χ0v) is 16.3. The minimum absolute atomic E-state index is 0. The van der Waals surface area contributed by atoms with Crippen LogP contribution < -0.4 is 11.1 Å². The zero-order valence-electron chi connectivity index (χ0n) is 13.8. The first-order valence-electron chi connectivity index (χ1n) is 7.35. The molecule has 0 aliphatic carbocycles. The number of hydrogen-bond donors (Lipinski definition) is 2. The van der Waals surface area contributed by atoms with Crippen molar-refractivity contribution in [3.05, 3.63) is 58.3 Å². The van der Waals surface area contributed by atoms with E-state index in [2.05, 4.69) is 21.7 Å². The molecule has 2 aromatic rings. The third kappa shape index (κ3) is 6.79. The number of amides is 1. The van der Waals surface area contributed by atoms with Crippen molar-refractivity contribution in [2.75, 3.05) is 20.6 Å². The predicted octanol–water partition coefficient (Wildman–Crippen LogP) is 2.88. The number of nitrogens with zero attached hydrogens (tertiary/aromatic N) is 1. The topological polar surface area (TPSA) is 58.4 Å². The molecular formula is C17H25Cl2N3OS. The number of nitrogens with one attached hydrogen (secondary N) is 1. The maximum absolute atomic E-state index is 12.2. The molecule has 0 spiro atoms. The molecule has 1 aromatic carbocycles. The Bertz CT molecular complexity index is 579. The SMILES string of the molecule is CN(C)C(CNC(=O)[C@@H](N)Cc1ccccc1)c1cccs1.Cl.Cl. The van der Waals surface area contributed by atoms with Crippen LogP contribution in [-0.4, -0.2) is 37.5 Å². The van der Waals surface area contributed by atoms with Crippen LogP contribution in [0.1, 0.15) is 16.5 Å². The van der Waals surface area contributed by atoms with Crippen molar-refractivity contribution in [3.63, 3.8) is 0 Å². The highest BCUT2D eigenvalue weighted by molar-refractivity contribution is 7.10. The molecule has 0 saturated heterocycles. The molecule has 0 fully saturated rings. The highest BCUT2D eigenvalue weighted by atomic mass is 35.5. The Balaban J connectivity index is 0.00000264. The lowest BCUT2D eigenvalue weighted by Crippen LogP contribution is -2.44. The summed E-state index contributed by atoms with van der Waals surface area (Å²) in [5.74, 6) is -0.104. The maximum Gasteiger partial charge on any atom is 0.237 e. The van der Waals surface area contributed by atoms with Crippen molar-refractivity contribution in [1.29, 1.82) is 0 Å². The highest BCUT2D eigenvalue weighted by Gasteiger charge is 2.19. The maximum atomic E-state index is 12.2. The van der Waals surface area contributed by atoms with Gasteiger partial charge in [0, 0.05) is 11.4 Å². The molecule has 0 saturated carbocycles. The van der Waals surface area contributed by atoms with Gasteiger partial charge in [0.05, 0.1) is 12.1 Å². The van der Waals surface area contributed by atoms with E-state index in [-0.39, 0.29) is 36.8 Å². The van der Waals surface area contributed by atoms with Crippen molar-refractivity contribution in [3.8, 4) is 0 Å². The molecule has 2 atom stereocenters. The van der Waals surface area contributed by atoms with Gasteiger partial charge in [0.15, 0.2) is 0 Å². The summed E-state index contributed by atoms with van der Waals surface area (Å²) in [7, 11) is 4.03. The van der Waals surface area contributed by atoms with Crippen LogP contribution in [-0.2, 0) is 11.2 Å². The molecule has 2 rings (SSSR count). The minimum Gasteiger partial charge on any atom is -0.353 e. The standard InChI is InChI=1S/C17H23N3OS.2ClH/c1-20(2)15(16-9-6-10-22-16)12-19-17(21)14(18)11-13-7-4-3-5-8-13;;/h3-10,14-15H,11-12,18H2,1-2H3,(H,19,21);2*1H/t14-,15?;;/m0../s1. The number of rotatable bonds is 7. The fourth-order valence-electron chi connectivity index (χ4n) is 2.31. The Labute approximate surface area is 160 Å². The second-order valence-electron chi connectivity index (χ2n) is 5.54. The van der Waals surface area contributed by atoms with Crippen LogP contribution in [0.15, 0.2) is 47.8 Å². The summed E-state index contributed by atoms with van der Waals surface area (Å²) in [6, 6.07) is 13.6. The summed E-state index contributed by atoms with van der Waals surface area (Å²) in [4.78, 5) is 15.5. The largest absolute Gasteiger partial charge is 0.353 e. The van der Waals surface area contributed by atoms with E-state index in [1.165, 1.54) is 4.88 Å². The van der Waals surface area contributed by atoms with Crippen LogP contribution in [0.5, 0.6) is 0 Å². The van der Waals surface area contributed by atoms with Gasteiger partial charge in [0.1, 0.15) is 0 Å². The molecule has 0 radical (unpaired) electrons. The molecule has 4 nitrogen and oxygen atoms in total. The first kappa shape index (κ1) is 22.9. The fraction of sp³-hybridized carbons (Fsp3) is 0.353. The third-order valence-electron chi connectivity index (χ3n) is 3.60. The summed E-state index contributed by atoms with van der Waals surface area (Å²) >= 11 is 1.70. The van der Waals surface area contributed by atoms with Gasteiger partial charge in [-0.2, -0.15) is 0 Å². The number of likely N-dealkylation sites (N-methyl/N-ethyl adjacent to an activating group) is 1. The normalized spacial score (nSPS) is 12.7. The van der Waals surface area contributed by atoms with E-state index in [0.29, 0.717) is 13.0 Å². The van der Waals surface area contributed by atoms with E-state index in [4.69, 9.17) is 5.73 Å². The Kier molecular flexibility index (Phi) is 10.9. The van der Waals surface area contributed by atoms with Gasteiger partial charge in [-0.15, -0.1) is 36.2 Å². The van der Waals surface area contributed by atoms with Crippen LogP contribution in [0.4, 0.5) is 0 Å². The Morgan fingerprint density at radius 1 is 1.17 bits per heavy atom. The molecule has 0 aliphatic heterocycles. The molecule has 3 N–H and O–H groups in total. The number of benzene rings is 1. The number of nitrogens with two attached hydrogens (primary N) is 1. The van der Waals surface area contributed by atoms with Crippen molar-refractivity contribution in [2.24, 2.45) is 5.73 Å². The quantitative estimate of drug-likeness (QED) is 0.765. The molecule has 1 amide bonds. The van der Waals surface area contributed by atoms with Gasteiger partial charge >= 0.3 is 0 Å². The fourth-order valence-corrected chi connectivity index (χ4v) is 3.23. The Morgan fingerprint density at radius 2 is 1.83 bits per heavy atom. The van der Waals surface area contributed by atoms with Crippen LogP contribution in [0.2, 0.25) is 0 Å². The van der Waals surface area contributed by atoms with Crippen LogP contribution in [0.25, 0.3) is 0 Å². The van der Waals surface area contributed by atoms with Gasteiger partial charge in [-0.3, -0.25) is 4.79 Å². The first-order valence-corrected chi connectivity index (χ1v) is 8.23. The lowest BCUT2D eigenvalue weighted by atomic mass is 10.1. The van der Waals surface area contributed by atoms with Gasteiger partial charge in [0.2, 0.25) is 5.91 Å². The molecule has 1 heterocycles. The Morgan fingerprint density at radius 3 is 2.38 bits per heavy atom. The van der Waals surface area contributed by atoms with E-state index in [1.54, 1.807) is 11.3 Å². The highest BCUT2D eigenvalue weighted by Crippen LogP contribution is 2.22. The summed E-state index contributed by atoms with van der Waals surface area (Å²) in [5, 5.41) is 5.02. The molecule has 1 aromatic heterocycles. The zero-order chi connectivity index (χ0) is 15.9. The van der Waals surface area contributed by atoms with Crippen molar-refractivity contribution >= 4 is 42.1 Å². The second-order valence-corrected chi connectivity index (χ2v) is 6.52. The van der Waals surface area contributed by atoms with E-state index >= 15 is 0 Å². The third-order valence-corrected chi connectivity index (χ3v) is 4.57. The molecule has 7 heteroatoms. The minimum atomic E-state index is -0.520. The molecule has 134 valence electrons. The lowest BCUT2D eigenvalue weighted by molar-refractivity contribution is -0.122. The second kappa shape index (κ2) is 11.4. The van der Waals surface area contributed by atoms with Crippen molar-refractivity contribution in [1.82, 2.24) is 10.2 Å². The van der Waals surface area contributed by atoms with Gasteiger partial charge < -0.3 is 16.0 Å². The van der Waals surface area contributed by atoms with Crippen LogP contribution in [0, 0.1) is 0 Å². The average Bonchev–Trinajstić information content (AvgIpc) is 3.02. The summed E-state index contributed by atoms with van der Waals surface area (Å²) in [6.07, 6.45) is 0.554. The predicted molar refractivity (Wildman–Crippen MR) is 106 cm³/mol. The van der Waals surface area contributed by atoms with Crippen molar-refractivity contribution in [2.45, 2.75) is 18.5 Å². The van der Waals surface area contributed by atoms with Gasteiger partial charge in [-0.1, -0.05) is 36.4 Å². The number of thiophene rings is 1. The lowest BCUT2D eigenvalue weighted by Gasteiger charge is -2.24. The van der Waals surface area contributed by atoms with E-state index in [1.807, 2.05) is 50.5 Å². The molecule has 1 unspecified atom stereocenters. The molecule has 0 bridgehead atoms. The summed E-state index contributed by atoms with van der Waals surface area (Å²) < 4.78 is 0. The van der Waals surface area contributed by atoms with E-state index < -0.39 is 6.04 Å². The molecular weight excluding hydrogens is 365 g/mol. The molecule has 24 heavy (non-hydrogen) atoms. The van der Waals surface area contributed by atoms with E-state index in [9.17, 15) is 4.79 Å². The Hall–Kier alpha value is -1.11. The number of halogens is 2. The van der Waals surface area contributed by atoms with E-state index in [0.717, 1.165) is 5.56 Å². The number of carbonyl (C=O) groups excluding carboxylic acids is 1.